The van der Waals surface area contributed by atoms with Gasteiger partial charge < -0.3 is 15.4 Å². The van der Waals surface area contributed by atoms with E-state index in [-0.39, 0.29) is 35.3 Å². The van der Waals surface area contributed by atoms with Crippen LogP contribution in [0.1, 0.15) is 12.0 Å². The van der Waals surface area contributed by atoms with Gasteiger partial charge in [-0.05, 0) is 36.8 Å². The Morgan fingerprint density at radius 2 is 2.07 bits per heavy atom. The minimum absolute atomic E-state index is 0.0379. The average molecular weight is 392 g/mol. The summed E-state index contributed by atoms with van der Waals surface area (Å²) in [6.07, 6.45) is -0.285. The van der Waals surface area contributed by atoms with E-state index in [2.05, 4.69) is 10.6 Å². The van der Waals surface area contributed by atoms with E-state index in [0.717, 1.165) is 6.07 Å². The molecular weight excluding hydrogens is 375 g/mol. The number of amides is 2. The van der Waals surface area contributed by atoms with Gasteiger partial charge in [0, 0.05) is 18.2 Å². The monoisotopic (exact) mass is 392 g/mol. The smallest absolute Gasteiger partial charge is 0.262 e. The van der Waals surface area contributed by atoms with E-state index in [1.807, 2.05) is 0 Å². The molecule has 0 fully saturated rings. The lowest BCUT2D eigenvalue weighted by atomic mass is 10.2. The van der Waals surface area contributed by atoms with E-state index in [1.165, 1.54) is 30.3 Å². The van der Waals surface area contributed by atoms with Gasteiger partial charge in [0.2, 0.25) is 5.91 Å². The van der Waals surface area contributed by atoms with Crippen LogP contribution in [0.3, 0.4) is 0 Å². The first-order valence-corrected chi connectivity index (χ1v) is 9.75. The largest absolute Gasteiger partial charge is 0.482 e. The van der Waals surface area contributed by atoms with Crippen LogP contribution < -0.4 is 15.4 Å². The number of hydrogen-bond acceptors (Lipinski definition) is 5. The lowest BCUT2D eigenvalue weighted by molar-refractivity contribution is -0.118. The number of carbonyl (C=O) groups excluding carboxylic acids is 2. The van der Waals surface area contributed by atoms with Crippen LogP contribution >= 0.6 is 0 Å². The number of halogens is 1. The molecule has 142 valence electrons. The van der Waals surface area contributed by atoms with Gasteiger partial charge in [-0.25, -0.2) is 12.8 Å². The minimum Gasteiger partial charge on any atom is -0.482 e. The third-order valence-electron chi connectivity index (χ3n) is 3.95. The van der Waals surface area contributed by atoms with Crippen molar-refractivity contribution in [2.75, 3.05) is 23.0 Å². The summed E-state index contributed by atoms with van der Waals surface area (Å²) in [7, 11) is -3.76. The standard InChI is InChI=1S/C18H17FN2O5S/c1-11-7-14-15(26-10-18(23)21-14)9-16(11)27(24,25)6-5-17(22)20-13-4-2-3-12(19)8-13/h2-4,7-9H,5-6,10H2,1H3,(H,20,22)(H,21,23). The van der Waals surface area contributed by atoms with E-state index in [1.54, 1.807) is 6.92 Å². The molecule has 3 rings (SSSR count). The Morgan fingerprint density at radius 1 is 1.30 bits per heavy atom. The first-order valence-electron chi connectivity index (χ1n) is 8.10. The highest BCUT2D eigenvalue weighted by atomic mass is 32.2. The van der Waals surface area contributed by atoms with E-state index < -0.39 is 27.3 Å². The Hall–Kier alpha value is -2.94. The third kappa shape index (κ3) is 4.43. The van der Waals surface area contributed by atoms with Crippen molar-refractivity contribution in [2.24, 2.45) is 0 Å². The van der Waals surface area contributed by atoms with Crippen LogP contribution in [0, 0.1) is 12.7 Å². The molecule has 9 heteroatoms. The minimum atomic E-state index is -3.76. The molecule has 2 aromatic carbocycles. The van der Waals surface area contributed by atoms with E-state index in [9.17, 15) is 22.4 Å². The molecule has 1 heterocycles. The Labute approximate surface area is 155 Å². The van der Waals surface area contributed by atoms with Crippen molar-refractivity contribution in [1.82, 2.24) is 0 Å². The fourth-order valence-electron chi connectivity index (χ4n) is 2.68. The van der Waals surface area contributed by atoms with E-state index >= 15 is 0 Å². The summed E-state index contributed by atoms with van der Waals surface area (Å²) in [5, 5.41) is 5.07. The van der Waals surface area contributed by atoms with Gasteiger partial charge in [-0.15, -0.1) is 0 Å². The summed E-state index contributed by atoms with van der Waals surface area (Å²) in [6.45, 7) is 1.41. The zero-order chi connectivity index (χ0) is 19.6. The molecule has 0 unspecified atom stereocenters. The topological polar surface area (TPSA) is 102 Å². The number of rotatable bonds is 5. The molecule has 2 aromatic rings. The van der Waals surface area contributed by atoms with Gasteiger partial charge in [-0.1, -0.05) is 6.07 Å². The molecule has 2 N–H and O–H groups in total. The molecule has 0 saturated heterocycles. The summed E-state index contributed by atoms with van der Waals surface area (Å²) in [5.74, 6) is -1.50. The van der Waals surface area contributed by atoms with Crippen LogP contribution in [0.5, 0.6) is 5.75 Å². The fraction of sp³-hybridized carbons (Fsp3) is 0.222. The normalized spacial score (nSPS) is 13.3. The van der Waals surface area contributed by atoms with Crippen LogP contribution in [0.25, 0.3) is 0 Å². The quantitative estimate of drug-likeness (QED) is 0.813. The highest BCUT2D eigenvalue weighted by Crippen LogP contribution is 2.33. The summed E-state index contributed by atoms with van der Waals surface area (Å²) in [6, 6.07) is 8.21. The molecule has 0 saturated carbocycles. The molecule has 27 heavy (non-hydrogen) atoms. The molecule has 0 atom stereocenters. The first kappa shape index (κ1) is 18.8. The predicted molar refractivity (Wildman–Crippen MR) is 97.0 cm³/mol. The fourth-order valence-corrected chi connectivity index (χ4v) is 4.19. The number of hydrogen-bond donors (Lipinski definition) is 2. The van der Waals surface area contributed by atoms with E-state index in [0.29, 0.717) is 11.3 Å². The van der Waals surface area contributed by atoms with Crippen LogP contribution in [0.2, 0.25) is 0 Å². The highest BCUT2D eigenvalue weighted by Gasteiger charge is 2.24. The van der Waals surface area contributed by atoms with Crippen molar-refractivity contribution >= 4 is 33.0 Å². The lowest BCUT2D eigenvalue weighted by Gasteiger charge is -2.20. The number of anilines is 2. The number of ether oxygens (including phenoxy) is 1. The summed E-state index contributed by atoms with van der Waals surface area (Å²) < 4.78 is 43.6. The van der Waals surface area contributed by atoms with Gasteiger partial charge in [-0.3, -0.25) is 9.59 Å². The Balaban J connectivity index is 1.71. The van der Waals surface area contributed by atoms with Gasteiger partial charge in [0.25, 0.3) is 5.91 Å². The van der Waals surface area contributed by atoms with Crippen LogP contribution in [0.4, 0.5) is 15.8 Å². The van der Waals surface area contributed by atoms with Gasteiger partial charge >= 0.3 is 0 Å². The van der Waals surface area contributed by atoms with Gasteiger partial charge in [0.1, 0.15) is 11.6 Å². The van der Waals surface area contributed by atoms with Crippen molar-refractivity contribution in [2.45, 2.75) is 18.2 Å². The molecule has 0 aromatic heterocycles. The maximum atomic E-state index is 13.1. The molecule has 2 amide bonds. The van der Waals surface area contributed by atoms with Crippen LogP contribution in [0.15, 0.2) is 41.3 Å². The molecule has 0 spiro atoms. The number of benzene rings is 2. The average Bonchev–Trinajstić information content (AvgIpc) is 2.59. The maximum Gasteiger partial charge on any atom is 0.262 e. The summed E-state index contributed by atoms with van der Waals surface area (Å²) in [4.78, 5) is 23.4. The second-order valence-electron chi connectivity index (χ2n) is 6.08. The van der Waals surface area contributed by atoms with Crippen LogP contribution in [-0.4, -0.2) is 32.6 Å². The first-order chi connectivity index (χ1) is 12.7. The van der Waals surface area contributed by atoms with E-state index in [4.69, 9.17) is 4.74 Å². The van der Waals surface area contributed by atoms with Gasteiger partial charge in [-0.2, -0.15) is 0 Å². The molecule has 1 aliphatic rings. The number of nitrogens with one attached hydrogen (secondary N) is 2. The SMILES string of the molecule is Cc1cc2c(cc1S(=O)(=O)CCC(=O)Nc1cccc(F)c1)OCC(=O)N2. The number of sulfone groups is 1. The Kier molecular flexibility index (Phi) is 5.13. The Morgan fingerprint density at radius 3 is 2.81 bits per heavy atom. The molecule has 0 bridgehead atoms. The summed E-state index contributed by atoms with van der Waals surface area (Å²) in [5.41, 5.74) is 1.10. The number of carbonyl (C=O) groups is 2. The van der Waals surface area contributed by atoms with Crippen molar-refractivity contribution in [3.63, 3.8) is 0 Å². The predicted octanol–water partition coefficient (Wildman–Crippen LogP) is 2.27. The molecule has 1 aliphatic heterocycles. The molecule has 7 nitrogen and oxygen atoms in total. The molecular formula is C18H17FN2O5S. The third-order valence-corrected chi connectivity index (χ3v) is 5.80. The van der Waals surface area contributed by atoms with Crippen molar-refractivity contribution in [1.29, 1.82) is 0 Å². The number of fused-ring (bicyclic) bond motifs is 1. The zero-order valence-electron chi connectivity index (χ0n) is 14.4. The van der Waals surface area contributed by atoms with Gasteiger partial charge in [0.05, 0.1) is 16.3 Å². The maximum absolute atomic E-state index is 13.1. The molecule has 0 radical (unpaired) electrons. The van der Waals surface area contributed by atoms with Crippen LogP contribution in [-0.2, 0) is 19.4 Å². The second kappa shape index (κ2) is 7.36. The number of aryl methyl sites for hydroxylation is 1. The van der Waals surface area contributed by atoms with Gasteiger partial charge in [0.15, 0.2) is 16.4 Å². The van der Waals surface area contributed by atoms with Crippen molar-refractivity contribution in [3.05, 3.63) is 47.8 Å². The van der Waals surface area contributed by atoms with Crippen molar-refractivity contribution in [3.8, 4) is 5.75 Å². The zero-order valence-corrected chi connectivity index (χ0v) is 15.2. The second-order valence-corrected chi connectivity index (χ2v) is 8.16. The Bertz CT molecular complexity index is 1020. The summed E-state index contributed by atoms with van der Waals surface area (Å²) >= 11 is 0. The highest BCUT2D eigenvalue weighted by molar-refractivity contribution is 7.91. The lowest BCUT2D eigenvalue weighted by Crippen LogP contribution is -2.26. The molecule has 0 aliphatic carbocycles. The van der Waals surface area contributed by atoms with Crippen molar-refractivity contribution < 1.29 is 27.1 Å².